The molecule has 1 amide bonds. The number of pyridine rings is 1. The molecule has 62 heavy (non-hydrogen) atoms. The molecule has 1 fully saturated rings. The Balaban J connectivity index is 0.000000180. The van der Waals surface area contributed by atoms with Crippen LogP contribution in [0.1, 0.15) is 70.4 Å². The Hall–Kier alpha value is -6.77. The SMILES string of the molecule is COc1ccc(C(=O)Cc2c(Cl)cncc2Cl)c2c1OC1(CCCC1)O2.O=C(Nc1cccc2c(=O)cc(-c3nn[nH]n3)oc12)c1ccc(OCCCCc2ccccc2)cc1. The number of nitrogens with zero attached hydrogens (tertiary/aromatic N) is 4. The molecule has 4 aromatic carbocycles. The third-order valence-corrected chi connectivity index (χ3v) is 11.1. The van der Waals surface area contributed by atoms with Gasteiger partial charge in [0.15, 0.2) is 34.1 Å². The fraction of sp³-hybridized carbons (Fsp3) is 0.239. The Kier molecular flexibility index (Phi) is 12.8. The predicted molar refractivity (Wildman–Crippen MR) is 233 cm³/mol. The molecule has 1 saturated carbocycles. The standard InChI is InChI=1S/C27H23N5O4.C19H17Cl2NO4/c33-23-17-24(26-29-31-32-30-26)36-25-21(23)10-6-11-22(25)28-27(34)19-12-14-20(15-13-19)35-16-5-4-9-18-7-2-1-3-8-18;1-24-16-5-4-11(15(23)8-12-13(20)9-22-10-14(12)21)17-18(16)26-19(25-17)6-2-3-7-19/h1-3,6-8,10-15,17H,4-5,9,16H2,(H,28,34)(H,29,30,31,32);4-5,9-10H,2-3,6-8H2,1H3. The zero-order valence-electron chi connectivity index (χ0n) is 33.5. The van der Waals surface area contributed by atoms with Crippen molar-refractivity contribution in [3.8, 4) is 34.6 Å². The van der Waals surface area contributed by atoms with E-state index in [0.717, 1.165) is 44.9 Å². The average molecular weight is 876 g/mol. The number of amides is 1. The number of carbonyl (C=O) groups excluding carboxylic acids is 2. The number of aromatic amines is 1. The van der Waals surface area contributed by atoms with E-state index in [1.165, 1.54) is 24.0 Å². The molecule has 0 unspecified atom stereocenters. The number of nitrogens with one attached hydrogen (secondary N) is 2. The summed E-state index contributed by atoms with van der Waals surface area (Å²) in [5, 5.41) is 17.4. The van der Waals surface area contributed by atoms with Gasteiger partial charge in [-0.1, -0.05) is 59.6 Å². The van der Waals surface area contributed by atoms with Crippen molar-refractivity contribution in [1.82, 2.24) is 25.6 Å². The van der Waals surface area contributed by atoms with Gasteiger partial charge in [-0.25, -0.2) is 0 Å². The lowest BCUT2D eigenvalue weighted by Gasteiger charge is -2.21. The van der Waals surface area contributed by atoms with Gasteiger partial charge in [0.05, 0.1) is 40.4 Å². The van der Waals surface area contributed by atoms with Gasteiger partial charge in [0, 0.05) is 48.8 Å². The summed E-state index contributed by atoms with van der Waals surface area (Å²) in [4.78, 5) is 42.3. The van der Waals surface area contributed by atoms with Crippen molar-refractivity contribution in [2.75, 3.05) is 19.0 Å². The number of ketones is 1. The molecule has 3 aromatic heterocycles. The Bertz CT molecular complexity index is 2740. The molecular weight excluding hydrogens is 835 g/mol. The molecule has 1 aliphatic carbocycles. The third kappa shape index (κ3) is 9.41. The molecule has 0 bridgehead atoms. The van der Waals surface area contributed by atoms with E-state index in [1.807, 2.05) is 18.2 Å². The van der Waals surface area contributed by atoms with Crippen molar-refractivity contribution in [2.24, 2.45) is 0 Å². The van der Waals surface area contributed by atoms with Crippen LogP contribution in [0.5, 0.6) is 23.0 Å². The lowest BCUT2D eigenvalue weighted by atomic mass is 10.0. The number of ether oxygens (including phenoxy) is 4. The first-order valence-electron chi connectivity index (χ1n) is 20.0. The summed E-state index contributed by atoms with van der Waals surface area (Å²) in [6.45, 7) is 0.607. The number of aromatic nitrogens is 5. The van der Waals surface area contributed by atoms with Crippen LogP contribution in [-0.2, 0) is 12.8 Å². The van der Waals surface area contributed by atoms with Gasteiger partial charge in [-0.3, -0.25) is 19.4 Å². The molecule has 0 saturated heterocycles. The molecule has 1 spiro atoms. The smallest absolute Gasteiger partial charge is 0.255 e. The molecule has 2 N–H and O–H groups in total. The number of unbranched alkanes of at least 4 members (excludes halogenated alkanes) is 1. The highest BCUT2D eigenvalue weighted by molar-refractivity contribution is 6.36. The Morgan fingerprint density at radius 2 is 1.65 bits per heavy atom. The van der Waals surface area contributed by atoms with Crippen molar-refractivity contribution in [3.63, 3.8) is 0 Å². The number of hydrogen-bond acceptors (Lipinski definition) is 12. The number of aryl methyl sites for hydroxylation is 1. The van der Waals surface area contributed by atoms with Gasteiger partial charge in [-0.05, 0) is 91.4 Å². The number of H-pyrrole nitrogens is 1. The van der Waals surface area contributed by atoms with Crippen LogP contribution in [0.25, 0.3) is 22.6 Å². The molecule has 0 atom stereocenters. The number of para-hydroxylation sites is 1. The molecule has 9 rings (SSSR count). The topological polar surface area (TPSA) is 181 Å². The lowest BCUT2D eigenvalue weighted by molar-refractivity contribution is -0.0724. The number of benzene rings is 4. The number of hydrogen-bond donors (Lipinski definition) is 2. The van der Waals surface area contributed by atoms with Crippen molar-refractivity contribution < 1.29 is 33.0 Å². The molecule has 0 radical (unpaired) electrons. The molecule has 316 valence electrons. The van der Waals surface area contributed by atoms with Crippen molar-refractivity contribution in [3.05, 3.63) is 146 Å². The second kappa shape index (κ2) is 18.9. The highest BCUT2D eigenvalue weighted by atomic mass is 35.5. The molecular formula is C46H40Cl2N6O8. The summed E-state index contributed by atoms with van der Waals surface area (Å²) in [5.74, 6) is 1.30. The number of Topliss-reactive ketones (excluding diaryl/α,β-unsaturated/α-hetero) is 1. The number of carbonyl (C=O) groups is 2. The molecule has 14 nitrogen and oxygen atoms in total. The van der Waals surface area contributed by atoms with Crippen LogP contribution in [0.2, 0.25) is 10.0 Å². The maximum atomic E-state index is 13.0. The highest BCUT2D eigenvalue weighted by Gasteiger charge is 2.47. The fourth-order valence-corrected chi connectivity index (χ4v) is 7.81. The van der Waals surface area contributed by atoms with E-state index in [2.05, 4.69) is 43.1 Å². The van der Waals surface area contributed by atoms with Crippen LogP contribution < -0.4 is 29.7 Å². The van der Waals surface area contributed by atoms with Gasteiger partial charge >= 0.3 is 0 Å². The summed E-state index contributed by atoms with van der Waals surface area (Å²) in [6, 6.07) is 27.0. The lowest BCUT2D eigenvalue weighted by Crippen LogP contribution is -2.34. The first kappa shape index (κ1) is 41.9. The van der Waals surface area contributed by atoms with Gasteiger partial charge in [-0.2, -0.15) is 5.21 Å². The quantitative estimate of drug-likeness (QED) is 0.0829. The third-order valence-electron chi connectivity index (χ3n) is 10.5. The Morgan fingerprint density at radius 1 is 0.887 bits per heavy atom. The van der Waals surface area contributed by atoms with Gasteiger partial charge in [0.1, 0.15) is 5.75 Å². The zero-order valence-corrected chi connectivity index (χ0v) is 35.0. The van der Waals surface area contributed by atoms with E-state index in [-0.39, 0.29) is 40.7 Å². The number of rotatable bonds is 13. The number of methoxy groups -OCH3 is 1. The Morgan fingerprint density at radius 3 is 2.37 bits per heavy atom. The normalized spacial score (nSPS) is 13.4. The van der Waals surface area contributed by atoms with Gasteiger partial charge in [0.25, 0.3) is 11.7 Å². The monoisotopic (exact) mass is 874 g/mol. The number of halogens is 2. The summed E-state index contributed by atoms with van der Waals surface area (Å²) in [5.41, 5.74) is 3.06. The van der Waals surface area contributed by atoms with E-state index in [1.54, 1.807) is 61.7 Å². The van der Waals surface area contributed by atoms with Crippen LogP contribution in [0, 0.1) is 0 Å². The van der Waals surface area contributed by atoms with Gasteiger partial charge in [-0.15, -0.1) is 10.2 Å². The number of tetrazole rings is 1. The van der Waals surface area contributed by atoms with Crippen LogP contribution in [0.4, 0.5) is 5.69 Å². The largest absolute Gasteiger partial charge is 0.494 e. The zero-order chi connectivity index (χ0) is 43.1. The first-order valence-corrected chi connectivity index (χ1v) is 20.7. The minimum atomic E-state index is -0.683. The van der Waals surface area contributed by atoms with Gasteiger partial charge < -0.3 is 28.7 Å². The van der Waals surface area contributed by atoms with Crippen molar-refractivity contribution in [2.45, 2.75) is 57.2 Å². The summed E-state index contributed by atoms with van der Waals surface area (Å²) >= 11 is 12.3. The van der Waals surface area contributed by atoms with E-state index >= 15 is 0 Å². The fourth-order valence-electron chi connectivity index (χ4n) is 7.31. The summed E-state index contributed by atoms with van der Waals surface area (Å²) in [6.07, 6.45) is 9.65. The van der Waals surface area contributed by atoms with Crippen LogP contribution in [0.3, 0.4) is 0 Å². The highest BCUT2D eigenvalue weighted by Crippen LogP contribution is 2.52. The second-order valence-electron chi connectivity index (χ2n) is 14.6. The van der Waals surface area contributed by atoms with E-state index in [4.69, 9.17) is 46.6 Å². The average Bonchev–Trinajstić information content (AvgIpc) is 4.08. The minimum Gasteiger partial charge on any atom is -0.494 e. The number of fused-ring (bicyclic) bond motifs is 2. The molecule has 16 heteroatoms. The van der Waals surface area contributed by atoms with Crippen LogP contribution in [0.15, 0.2) is 113 Å². The maximum absolute atomic E-state index is 13.0. The molecule has 2 aliphatic rings. The first-order chi connectivity index (χ1) is 30.2. The summed E-state index contributed by atoms with van der Waals surface area (Å²) in [7, 11) is 1.57. The maximum Gasteiger partial charge on any atom is 0.255 e. The predicted octanol–water partition coefficient (Wildman–Crippen LogP) is 9.49. The van der Waals surface area contributed by atoms with E-state index < -0.39 is 5.79 Å². The number of anilines is 1. The van der Waals surface area contributed by atoms with E-state index in [0.29, 0.717) is 67.4 Å². The Labute approximate surface area is 365 Å². The van der Waals surface area contributed by atoms with Crippen molar-refractivity contribution in [1.29, 1.82) is 0 Å². The molecule has 4 heterocycles. The second-order valence-corrected chi connectivity index (χ2v) is 15.5. The summed E-state index contributed by atoms with van der Waals surface area (Å²) < 4.78 is 29.3. The van der Waals surface area contributed by atoms with E-state index in [9.17, 15) is 14.4 Å². The van der Waals surface area contributed by atoms with Crippen LogP contribution >= 0.6 is 23.2 Å². The minimum absolute atomic E-state index is 0.0509. The van der Waals surface area contributed by atoms with Crippen LogP contribution in [-0.4, -0.2) is 56.8 Å². The van der Waals surface area contributed by atoms with Crippen molar-refractivity contribution >= 4 is 51.5 Å². The van der Waals surface area contributed by atoms with Gasteiger partial charge in [0.2, 0.25) is 11.6 Å². The molecule has 1 aliphatic heterocycles. The molecule has 7 aromatic rings.